The molecule has 17 heavy (non-hydrogen) atoms. The van der Waals surface area contributed by atoms with Crippen molar-refractivity contribution in [1.82, 2.24) is 10.2 Å². The number of nitrogens with one attached hydrogen (secondary N) is 1. The molecular weight excluding hydrogens is 240 g/mol. The quantitative estimate of drug-likeness (QED) is 0.698. The van der Waals surface area contributed by atoms with Crippen molar-refractivity contribution in [2.75, 3.05) is 38.2 Å². The number of hydrogen-bond donors (Lipinski definition) is 2. The first-order chi connectivity index (χ1) is 7.82. The van der Waals surface area contributed by atoms with Crippen LogP contribution in [0.1, 0.15) is 20.3 Å². The molecule has 0 amide bonds. The van der Waals surface area contributed by atoms with Crippen molar-refractivity contribution in [3.05, 3.63) is 0 Å². The molecule has 1 saturated heterocycles. The number of rotatable bonds is 5. The summed E-state index contributed by atoms with van der Waals surface area (Å²) >= 11 is 0. The van der Waals surface area contributed by atoms with E-state index in [1.165, 1.54) is 0 Å². The molecule has 0 aromatic heterocycles. The van der Waals surface area contributed by atoms with Crippen molar-refractivity contribution >= 4 is 9.84 Å². The van der Waals surface area contributed by atoms with Crippen molar-refractivity contribution in [3.8, 4) is 0 Å². The number of aliphatic hydroxyl groups is 1. The molecule has 2 atom stereocenters. The van der Waals surface area contributed by atoms with Crippen LogP contribution in [0.5, 0.6) is 0 Å². The topological polar surface area (TPSA) is 69.6 Å². The number of hydrogen-bond acceptors (Lipinski definition) is 5. The predicted molar refractivity (Wildman–Crippen MR) is 68.9 cm³/mol. The van der Waals surface area contributed by atoms with Crippen molar-refractivity contribution < 1.29 is 13.5 Å². The lowest BCUT2D eigenvalue weighted by Crippen LogP contribution is -2.52. The Morgan fingerprint density at radius 2 is 1.94 bits per heavy atom. The first kappa shape index (κ1) is 14.9. The van der Waals surface area contributed by atoms with Crippen LogP contribution >= 0.6 is 0 Å². The van der Waals surface area contributed by atoms with Crippen LogP contribution in [0.15, 0.2) is 0 Å². The zero-order chi connectivity index (χ0) is 13.1. The summed E-state index contributed by atoms with van der Waals surface area (Å²) in [5.41, 5.74) is -0.296. The maximum Gasteiger partial charge on any atom is 0.152 e. The third-order valence-corrected chi connectivity index (χ3v) is 5.31. The van der Waals surface area contributed by atoms with E-state index in [2.05, 4.69) is 17.1 Å². The summed E-state index contributed by atoms with van der Waals surface area (Å²) in [6.45, 7) is 5.36. The first-order valence-corrected chi connectivity index (χ1v) is 7.88. The van der Waals surface area contributed by atoms with E-state index < -0.39 is 9.84 Å². The summed E-state index contributed by atoms with van der Waals surface area (Å²) in [5.74, 6) is 0.513. The molecule has 0 saturated carbocycles. The molecule has 0 aromatic carbocycles. The molecule has 6 heteroatoms. The second-order valence-corrected chi connectivity index (χ2v) is 7.51. The van der Waals surface area contributed by atoms with E-state index in [4.69, 9.17) is 0 Å². The summed E-state index contributed by atoms with van der Waals surface area (Å²) in [5, 5.41) is 12.5. The third-order valence-electron chi connectivity index (χ3n) is 3.70. The zero-order valence-corrected chi connectivity index (χ0v) is 11.8. The molecule has 1 heterocycles. The molecule has 0 spiro atoms. The fraction of sp³-hybridized carbons (Fsp3) is 1.00. The highest BCUT2D eigenvalue weighted by Crippen LogP contribution is 2.17. The highest BCUT2D eigenvalue weighted by atomic mass is 32.2. The summed E-state index contributed by atoms with van der Waals surface area (Å²) in [6.07, 6.45) is 0.806. The minimum absolute atomic E-state index is 0.0833. The summed E-state index contributed by atoms with van der Waals surface area (Å²) in [4.78, 5) is 2.19. The van der Waals surface area contributed by atoms with Gasteiger partial charge in [-0.25, -0.2) is 8.42 Å². The highest BCUT2D eigenvalue weighted by Gasteiger charge is 2.30. The van der Waals surface area contributed by atoms with E-state index in [9.17, 15) is 13.5 Å². The zero-order valence-electron chi connectivity index (χ0n) is 10.9. The first-order valence-electron chi connectivity index (χ1n) is 6.06. The van der Waals surface area contributed by atoms with E-state index in [1.54, 1.807) is 0 Å². The molecule has 0 aliphatic carbocycles. The van der Waals surface area contributed by atoms with E-state index >= 15 is 0 Å². The van der Waals surface area contributed by atoms with Crippen molar-refractivity contribution in [2.45, 2.75) is 31.8 Å². The van der Waals surface area contributed by atoms with Gasteiger partial charge in [-0.15, -0.1) is 0 Å². The molecule has 1 fully saturated rings. The van der Waals surface area contributed by atoms with Crippen molar-refractivity contribution in [2.24, 2.45) is 0 Å². The second-order valence-electron chi connectivity index (χ2n) is 5.21. The van der Waals surface area contributed by atoms with Crippen molar-refractivity contribution in [1.29, 1.82) is 0 Å². The van der Waals surface area contributed by atoms with Gasteiger partial charge in [-0.3, -0.25) is 4.90 Å². The van der Waals surface area contributed by atoms with Crippen LogP contribution in [-0.2, 0) is 9.84 Å². The second kappa shape index (κ2) is 5.65. The molecular formula is C11H24N2O3S. The minimum atomic E-state index is -2.81. The monoisotopic (exact) mass is 264 g/mol. The van der Waals surface area contributed by atoms with Crippen LogP contribution in [0.2, 0.25) is 0 Å². The lowest BCUT2D eigenvalue weighted by Gasteiger charge is -2.37. The Morgan fingerprint density at radius 3 is 2.35 bits per heavy atom. The van der Waals surface area contributed by atoms with Gasteiger partial charge in [0.25, 0.3) is 0 Å². The highest BCUT2D eigenvalue weighted by molar-refractivity contribution is 7.91. The maximum atomic E-state index is 11.3. The Morgan fingerprint density at radius 1 is 1.41 bits per heavy atom. The Labute approximate surface area is 104 Å². The molecule has 1 aliphatic heterocycles. The molecule has 1 aliphatic rings. The minimum Gasteiger partial charge on any atom is -0.394 e. The van der Waals surface area contributed by atoms with Gasteiger partial charge >= 0.3 is 0 Å². The van der Waals surface area contributed by atoms with E-state index in [0.717, 1.165) is 6.42 Å². The number of sulfone groups is 1. The van der Waals surface area contributed by atoms with Gasteiger partial charge in [0, 0.05) is 24.7 Å². The van der Waals surface area contributed by atoms with Crippen LogP contribution in [0.4, 0.5) is 0 Å². The fourth-order valence-corrected chi connectivity index (χ4v) is 3.42. The van der Waals surface area contributed by atoms with Gasteiger partial charge in [0.1, 0.15) is 0 Å². The van der Waals surface area contributed by atoms with Crippen molar-refractivity contribution in [3.63, 3.8) is 0 Å². The summed E-state index contributed by atoms with van der Waals surface area (Å²) in [6, 6.07) is 0.273. The van der Waals surface area contributed by atoms with Gasteiger partial charge in [-0.1, -0.05) is 0 Å². The van der Waals surface area contributed by atoms with E-state index in [-0.39, 0.29) is 29.7 Å². The SMILES string of the molecule is CNC(C)(CO)CC(C)N1CCS(=O)(=O)CC1. The Kier molecular flexibility index (Phi) is 4.95. The molecule has 0 bridgehead atoms. The Balaban J connectivity index is 2.52. The van der Waals surface area contributed by atoms with E-state index in [1.807, 2.05) is 14.0 Å². The number of likely N-dealkylation sites (N-methyl/N-ethyl adjacent to an activating group) is 1. The third kappa shape index (κ3) is 4.21. The predicted octanol–water partition coefficient (Wildman–Crippen LogP) is -0.534. The molecule has 0 radical (unpaired) electrons. The maximum absolute atomic E-state index is 11.3. The molecule has 0 aromatic rings. The molecule has 2 N–H and O–H groups in total. The summed E-state index contributed by atoms with van der Waals surface area (Å²) in [7, 11) is -0.974. The van der Waals surface area contributed by atoms with Crippen LogP contribution in [0, 0.1) is 0 Å². The van der Waals surface area contributed by atoms with Gasteiger partial charge in [0.15, 0.2) is 9.84 Å². The largest absolute Gasteiger partial charge is 0.394 e. The number of aliphatic hydroxyl groups excluding tert-OH is 1. The molecule has 2 unspecified atom stereocenters. The fourth-order valence-electron chi connectivity index (χ4n) is 2.19. The van der Waals surface area contributed by atoms with Crippen LogP contribution in [-0.4, -0.2) is 68.3 Å². The van der Waals surface area contributed by atoms with Crippen LogP contribution < -0.4 is 5.32 Å². The summed E-state index contributed by atoms with van der Waals surface area (Å²) < 4.78 is 22.7. The van der Waals surface area contributed by atoms with Gasteiger partial charge in [0.2, 0.25) is 0 Å². The molecule has 102 valence electrons. The lowest BCUT2D eigenvalue weighted by molar-refractivity contribution is 0.124. The smallest absolute Gasteiger partial charge is 0.152 e. The Hall–Kier alpha value is -0.170. The normalized spacial score (nSPS) is 26.4. The molecule has 5 nitrogen and oxygen atoms in total. The molecule has 1 rings (SSSR count). The average Bonchev–Trinajstić information content (AvgIpc) is 2.28. The van der Waals surface area contributed by atoms with Crippen LogP contribution in [0.3, 0.4) is 0 Å². The standard InChI is InChI=1S/C11H24N2O3S/c1-10(8-11(2,9-14)12-3)13-4-6-17(15,16)7-5-13/h10,12,14H,4-9H2,1-3H3. The number of nitrogens with zero attached hydrogens (tertiary/aromatic N) is 1. The van der Waals surface area contributed by atoms with Crippen LogP contribution in [0.25, 0.3) is 0 Å². The van der Waals surface area contributed by atoms with Gasteiger partial charge < -0.3 is 10.4 Å². The average molecular weight is 264 g/mol. The van der Waals surface area contributed by atoms with Gasteiger partial charge in [-0.05, 0) is 27.3 Å². The Bertz CT molecular complexity index is 325. The van der Waals surface area contributed by atoms with Gasteiger partial charge in [0.05, 0.1) is 18.1 Å². The van der Waals surface area contributed by atoms with E-state index in [0.29, 0.717) is 13.1 Å². The lowest BCUT2D eigenvalue weighted by atomic mass is 9.94. The van der Waals surface area contributed by atoms with Gasteiger partial charge in [-0.2, -0.15) is 0 Å².